The lowest BCUT2D eigenvalue weighted by Crippen LogP contribution is -2.48. The third-order valence-electron chi connectivity index (χ3n) is 5.11. The lowest BCUT2D eigenvalue weighted by molar-refractivity contribution is -0.122. The van der Waals surface area contributed by atoms with Gasteiger partial charge in [-0.25, -0.2) is 8.42 Å². The normalized spacial score (nSPS) is 15.6. The number of sulfonamides is 1. The van der Waals surface area contributed by atoms with Crippen molar-refractivity contribution in [2.45, 2.75) is 24.5 Å². The number of rotatable bonds is 6. The van der Waals surface area contributed by atoms with E-state index in [4.69, 9.17) is 9.47 Å². The van der Waals surface area contributed by atoms with Gasteiger partial charge >= 0.3 is 0 Å². The monoisotopic (exact) mass is 452 g/mol. The molecule has 8 heteroatoms. The number of methoxy groups -OCH3 is 1. The molecule has 166 valence electrons. The highest BCUT2D eigenvalue weighted by molar-refractivity contribution is 7.92. The number of carbonyl (C=O) groups excluding carboxylic acids is 1. The molecule has 0 bridgehead atoms. The van der Waals surface area contributed by atoms with Crippen LogP contribution in [0.2, 0.25) is 0 Å². The van der Waals surface area contributed by atoms with E-state index in [0.717, 1.165) is 11.1 Å². The summed E-state index contributed by atoms with van der Waals surface area (Å²) in [7, 11) is -2.29. The molecule has 0 aliphatic carbocycles. The summed E-state index contributed by atoms with van der Waals surface area (Å²) < 4.78 is 39.2. The van der Waals surface area contributed by atoms with Gasteiger partial charge in [-0.3, -0.25) is 9.10 Å². The van der Waals surface area contributed by atoms with Gasteiger partial charge < -0.3 is 14.8 Å². The van der Waals surface area contributed by atoms with Crippen molar-refractivity contribution in [2.24, 2.45) is 0 Å². The average Bonchev–Trinajstić information content (AvgIpc) is 2.79. The maximum Gasteiger partial charge on any atom is 0.267 e. The molecule has 0 unspecified atom stereocenters. The third kappa shape index (κ3) is 4.46. The Morgan fingerprint density at radius 1 is 1.09 bits per heavy atom. The van der Waals surface area contributed by atoms with Gasteiger partial charge in [0.05, 0.1) is 23.7 Å². The first-order valence-electron chi connectivity index (χ1n) is 10.1. The molecule has 0 radical (unpaired) electrons. The maximum atomic E-state index is 13.4. The van der Waals surface area contributed by atoms with Crippen LogP contribution in [0.1, 0.15) is 11.1 Å². The molecule has 4 rings (SSSR count). The molecule has 1 aliphatic heterocycles. The van der Waals surface area contributed by atoms with E-state index < -0.39 is 22.0 Å². The molecule has 0 spiro atoms. The van der Waals surface area contributed by atoms with Crippen molar-refractivity contribution in [2.75, 3.05) is 23.3 Å². The second-order valence-corrected chi connectivity index (χ2v) is 9.41. The number of nitrogens with one attached hydrogen (secondary N) is 1. The summed E-state index contributed by atoms with van der Waals surface area (Å²) in [5, 5.41) is 2.82. The van der Waals surface area contributed by atoms with Gasteiger partial charge in [-0.15, -0.1) is 0 Å². The Labute approximate surface area is 187 Å². The van der Waals surface area contributed by atoms with Crippen LogP contribution in [0, 0.1) is 6.92 Å². The topological polar surface area (TPSA) is 84.9 Å². The number of amides is 1. The molecule has 0 saturated heterocycles. The van der Waals surface area contributed by atoms with Gasteiger partial charge in [-0.1, -0.05) is 36.4 Å². The molecule has 0 fully saturated rings. The van der Waals surface area contributed by atoms with Crippen LogP contribution in [0.15, 0.2) is 77.7 Å². The molecule has 1 N–H and O–H groups in total. The van der Waals surface area contributed by atoms with Gasteiger partial charge in [-0.2, -0.15) is 0 Å². The second-order valence-electron chi connectivity index (χ2n) is 7.55. The number of aryl methyl sites for hydroxylation is 1. The van der Waals surface area contributed by atoms with Gasteiger partial charge in [0.25, 0.3) is 15.9 Å². The van der Waals surface area contributed by atoms with E-state index in [9.17, 15) is 13.2 Å². The van der Waals surface area contributed by atoms with Gasteiger partial charge in [0.15, 0.2) is 6.10 Å². The number of benzene rings is 3. The molecule has 3 aromatic rings. The minimum atomic E-state index is -3.89. The molecule has 1 atom stereocenters. The van der Waals surface area contributed by atoms with Crippen molar-refractivity contribution in [3.63, 3.8) is 0 Å². The summed E-state index contributed by atoms with van der Waals surface area (Å²) >= 11 is 0. The van der Waals surface area contributed by atoms with Crippen LogP contribution in [0.25, 0.3) is 0 Å². The van der Waals surface area contributed by atoms with Crippen LogP contribution < -0.4 is 14.4 Å². The van der Waals surface area contributed by atoms with Crippen molar-refractivity contribution in [1.29, 1.82) is 0 Å². The maximum absolute atomic E-state index is 13.4. The summed E-state index contributed by atoms with van der Waals surface area (Å²) in [5.41, 5.74) is 2.79. The molecule has 32 heavy (non-hydrogen) atoms. The first-order chi connectivity index (χ1) is 15.4. The Kier molecular flexibility index (Phi) is 6.16. The number of carbonyl (C=O) groups is 1. The van der Waals surface area contributed by atoms with Crippen LogP contribution in [-0.4, -0.2) is 34.1 Å². The molecule has 0 saturated carbocycles. The summed E-state index contributed by atoms with van der Waals surface area (Å²) in [4.78, 5) is 13.2. The minimum Gasteiger partial charge on any atom is -0.476 e. The lowest BCUT2D eigenvalue weighted by Gasteiger charge is -2.35. The van der Waals surface area contributed by atoms with E-state index in [0.29, 0.717) is 23.7 Å². The van der Waals surface area contributed by atoms with Gasteiger partial charge in [0.2, 0.25) is 0 Å². The Balaban J connectivity index is 1.65. The highest BCUT2D eigenvalue weighted by Crippen LogP contribution is 2.38. The van der Waals surface area contributed by atoms with Gasteiger partial charge in [0, 0.05) is 12.8 Å². The molecule has 1 heterocycles. The Hall–Kier alpha value is -3.36. The predicted octanol–water partition coefficient (Wildman–Crippen LogP) is 3.74. The summed E-state index contributed by atoms with van der Waals surface area (Å²) in [6.07, 6.45) is -1.02. The minimum absolute atomic E-state index is 0.142. The highest BCUT2D eigenvalue weighted by atomic mass is 32.2. The van der Waals surface area contributed by atoms with E-state index in [-0.39, 0.29) is 11.4 Å². The Morgan fingerprint density at radius 2 is 1.88 bits per heavy atom. The SMILES string of the molecule is COCc1cccc(NC(=O)[C@@H]2CN(S(=O)(=O)c3ccccc3)c3cc(C)ccc3O2)c1. The zero-order chi connectivity index (χ0) is 22.7. The zero-order valence-corrected chi connectivity index (χ0v) is 18.6. The summed E-state index contributed by atoms with van der Waals surface area (Å²) in [6.45, 7) is 2.15. The highest BCUT2D eigenvalue weighted by Gasteiger charge is 2.37. The number of ether oxygens (including phenoxy) is 2. The van der Waals surface area contributed by atoms with E-state index in [1.165, 1.54) is 16.4 Å². The van der Waals surface area contributed by atoms with Crippen molar-refractivity contribution < 1.29 is 22.7 Å². The molecule has 3 aromatic carbocycles. The number of fused-ring (bicyclic) bond motifs is 1. The van der Waals surface area contributed by atoms with E-state index >= 15 is 0 Å². The van der Waals surface area contributed by atoms with Crippen LogP contribution >= 0.6 is 0 Å². The molecule has 0 aromatic heterocycles. The van der Waals surface area contributed by atoms with Crippen molar-refractivity contribution in [3.05, 3.63) is 83.9 Å². The third-order valence-corrected chi connectivity index (χ3v) is 6.91. The number of hydrogen-bond donors (Lipinski definition) is 1. The molecular formula is C24H24N2O5S. The largest absolute Gasteiger partial charge is 0.476 e. The summed E-state index contributed by atoms with van der Waals surface area (Å²) in [6, 6.07) is 20.7. The Bertz CT molecular complexity index is 1230. The van der Waals surface area contributed by atoms with Crippen LogP contribution in [-0.2, 0) is 26.2 Å². The van der Waals surface area contributed by atoms with Crippen molar-refractivity contribution in [1.82, 2.24) is 0 Å². The molecular weight excluding hydrogens is 428 g/mol. The lowest BCUT2D eigenvalue weighted by atomic mass is 10.1. The fraction of sp³-hybridized carbons (Fsp3) is 0.208. The first kappa shape index (κ1) is 21.9. The van der Waals surface area contributed by atoms with Crippen molar-refractivity contribution >= 4 is 27.3 Å². The fourth-order valence-electron chi connectivity index (χ4n) is 3.57. The number of anilines is 2. The first-order valence-corrected chi connectivity index (χ1v) is 11.6. The fourth-order valence-corrected chi connectivity index (χ4v) is 5.06. The second kappa shape index (κ2) is 9.02. The number of nitrogens with zero attached hydrogens (tertiary/aromatic N) is 1. The van der Waals surface area contributed by atoms with Crippen molar-refractivity contribution in [3.8, 4) is 5.75 Å². The average molecular weight is 453 g/mol. The molecule has 1 amide bonds. The molecule has 7 nitrogen and oxygen atoms in total. The zero-order valence-electron chi connectivity index (χ0n) is 17.8. The standard InChI is InChI=1S/C24H24N2O5S/c1-17-11-12-22-21(13-17)26(32(28,29)20-9-4-3-5-10-20)15-23(31-22)24(27)25-19-8-6-7-18(14-19)16-30-2/h3-14,23H,15-16H2,1-2H3,(H,25,27)/t23-/m0/s1. The molecule has 1 aliphatic rings. The van der Waals surface area contributed by atoms with E-state index in [2.05, 4.69) is 5.32 Å². The van der Waals surface area contributed by atoms with Crippen LogP contribution in [0.3, 0.4) is 0 Å². The smallest absolute Gasteiger partial charge is 0.267 e. The van der Waals surface area contributed by atoms with E-state index in [1.807, 2.05) is 25.1 Å². The summed E-state index contributed by atoms with van der Waals surface area (Å²) in [5.74, 6) is -0.0892. The van der Waals surface area contributed by atoms with Gasteiger partial charge in [0.1, 0.15) is 5.75 Å². The number of hydrogen-bond acceptors (Lipinski definition) is 5. The van der Waals surface area contributed by atoms with E-state index in [1.54, 1.807) is 49.6 Å². The van der Waals surface area contributed by atoms with Crippen LogP contribution in [0.4, 0.5) is 11.4 Å². The Morgan fingerprint density at radius 3 is 2.62 bits per heavy atom. The quantitative estimate of drug-likeness (QED) is 0.616. The van der Waals surface area contributed by atoms with Crippen LogP contribution in [0.5, 0.6) is 5.75 Å². The van der Waals surface area contributed by atoms with Gasteiger partial charge in [-0.05, 0) is 54.4 Å². The predicted molar refractivity (Wildman–Crippen MR) is 122 cm³/mol.